The molecule has 0 unspecified atom stereocenters. The Labute approximate surface area is 126 Å². The normalized spacial score (nSPS) is 16.7. The summed E-state index contributed by atoms with van der Waals surface area (Å²) in [6.45, 7) is 2.25. The Bertz CT molecular complexity index is 653. The summed E-state index contributed by atoms with van der Waals surface area (Å²) in [5.41, 5.74) is -0.309. The fourth-order valence-electron chi connectivity index (χ4n) is 2.04. The monoisotopic (exact) mass is 336 g/mol. The lowest BCUT2D eigenvalue weighted by molar-refractivity contribution is -0.0159. The first-order valence-corrected chi connectivity index (χ1v) is 8.63. The van der Waals surface area contributed by atoms with Crippen LogP contribution in [0.3, 0.4) is 0 Å². The number of hydrogen-bond donors (Lipinski definition) is 0. The van der Waals surface area contributed by atoms with Gasteiger partial charge in [0.15, 0.2) is 0 Å². The molecule has 0 aromatic heterocycles. The number of esters is 1. The molecule has 1 aromatic carbocycles. The van der Waals surface area contributed by atoms with Crippen LogP contribution < -0.4 is 0 Å². The van der Waals surface area contributed by atoms with Gasteiger partial charge in [0.2, 0.25) is 0 Å². The highest BCUT2D eigenvalue weighted by atomic mass is 35.7. The highest BCUT2D eigenvalue weighted by Crippen LogP contribution is 2.25. The molecular formula is C13H14ClFO5S. The van der Waals surface area contributed by atoms with Gasteiger partial charge >= 0.3 is 5.97 Å². The van der Waals surface area contributed by atoms with E-state index in [1.54, 1.807) is 0 Å². The number of benzene rings is 1. The van der Waals surface area contributed by atoms with Gasteiger partial charge in [-0.3, -0.25) is 0 Å². The topological polar surface area (TPSA) is 69.7 Å². The molecule has 2 rings (SSSR count). The van der Waals surface area contributed by atoms with E-state index in [4.69, 9.17) is 20.2 Å². The summed E-state index contributed by atoms with van der Waals surface area (Å²) in [5.74, 6) is -1.60. The highest BCUT2D eigenvalue weighted by molar-refractivity contribution is 8.13. The van der Waals surface area contributed by atoms with E-state index in [1.807, 2.05) is 0 Å². The largest absolute Gasteiger partial charge is 0.459 e. The van der Waals surface area contributed by atoms with Gasteiger partial charge in [-0.15, -0.1) is 0 Å². The van der Waals surface area contributed by atoms with Crippen LogP contribution in [0, 0.1) is 12.7 Å². The molecule has 0 aliphatic carbocycles. The van der Waals surface area contributed by atoms with E-state index in [2.05, 4.69) is 0 Å². The number of ether oxygens (including phenoxy) is 2. The second-order valence-electron chi connectivity index (χ2n) is 4.74. The van der Waals surface area contributed by atoms with Crippen LogP contribution in [0.5, 0.6) is 0 Å². The minimum absolute atomic E-state index is 0.132. The van der Waals surface area contributed by atoms with Crippen LogP contribution >= 0.6 is 10.7 Å². The summed E-state index contributed by atoms with van der Waals surface area (Å²) in [6, 6.07) is 1.98. The Balaban J connectivity index is 2.27. The Hall–Kier alpha value is -1.18. The van der Waals surface area contributed by atoms with Crippen LogP contribution in [0.4, 0.5) is 4.39 Å². The van der Waals surface area contributed by atoms with Crippen molar-refractivity contribution in [1.29, 1.82) is 0 Å². The third kappa shape index (κ3) is 3.93. The number of halogens is 2. The quantitative estimate of drug-likeness (QED) is 0.626. The average Bonchev–Trinajstić information content (AvgIpc) is 2.41. The first kappa shape index (κ1) is 16.2. The Kier molecular flexibility index (Phi) is 4.85. The fraction of sp³-hybridized carbons (Fsp3) is 0.462. The zero-order valence-corrected chi connectivity index (χ0v) is 12.8. The van der Waals surface area contributed by atoms with Gasteiger partial charge in [0.1, 0.15) is 11.9 Å². The maximum Gasteiger partial charge on any atom is 0.338 e. The van der Waals surface area contributed by atoms with Crippen molar-refractivity contribution >= 4 is 25.7 Å². The molecule has 1 aliphatic heterocycles. The van der Waals surface area contributed by atoms with Gasteiger partial charge in [0.05, 0.1) is 23.7 Å². The lowest BCUT2D eigenvalue weighted by atomic mass is 10.1. The molecule has 8 heteroatoms. The Morgan fingerprint density at radius 3 is 2.57 bits per heavy atom. The molecule has 0 atom stereocenters. The van der Waals surface area contributed by atoms with Crippen molar-refractivity contribution in [3.8, 4) is 0 Å². The molecule has 0 radical (unpaired) electrons. The third-order valence-electron chi connectivity index (χ3n) is 3.24. The molecule has 1 aromatic rings. The first-order valence-electron chi connectivity index (χ1n) is 6.32. The van der Waals surface area contributed by atoms with Crippen LogP contribution in [0.2, 0.25) is 0 Å². The minimum Gasteiger partial charge on any atom is -0.459 e. The van der Waals surface area contributed by atoms with E-state index in [0.717, 1.165) is 12.1 Å². The van der Waals surface area contributed by atoms with Crippen molar-refractivity contribution in [2.24, 2.45) is 0 Å². The minimum atomic E-state index is -4.14. The molecule has 0 N–H and O–H groups in total. The van der Waals surface area contributed by atoms with Crippen molar-refractivity contribution in [2.45, 2.75) is 30.8 Å². The Morgan fingerprint density at radius 1 is 1.38 bits per heavy atom. The van der Waals surface area contributed by atoms with Gasteiger partial charge in [-0.1, -0.05) is 0 Å². The van der Waals surface area contributed by atoms with E-state index in [1.165, 1.54) is 6.92 Å². The number of hydrogen-bond acceptors (Lipinski definition) is 5. The molecule has 1 aliphatic rings. The first-order chi connectivity index (χ1) is 9.79. The standard InChI is InChI=1S/C13H14ClFO5S/c1-8-11(15)6-9(7-12(8)21(14,17)18)13(16)20-10-2-4-19-5-3-10/h6-7,10H,2-5H2,1H3. The predicted octanol–water partition coefficient (Wildman–Crippen LogP) is 2.40. The zero-order chi connectivity index (χ0) is 15.6. The van der Waals surface area contributed by atoms with E-state index in [9.17, 15) is 17.6 Å². The maximum atomic E-state index is 13.8. The molecule has 21 heavy (non-hydrogen) atoms. The predicted molar refractivity (Wildman–Crippen MR) is 73.4 cm³/mol. The number of rotatable bonds is 3. The second-order valence-corrected chi connectivity index (χ2v) is 7.27. The van der Waals surface area contributed by atoms with Crippen LogP contribution in [0.15, 0.2) is 17.0 Å². The zero-order valence-electron chi connectivity index (χ0n) is 11.3. The van der Waals surface area contributed by atoms with Crippen molar-refractivity contribution in [3.05, 3.63) is 29.1 Å². The van der Waals surface area contributed by atoms with Gasteiger partial charge in [-0.2, -0.15) is 0 Å². The second kappa shape index (κ2) is 6.29. The van der Waals surface area contributed by atoms with Crippen LogP contribution in [0.25, 0.3) is 0 Å². The SMILES string of the molecule is Cc1c(F)cc(C(=O)OC2CCOCC2)cc1S(=O)(=O)Cl. The van der Waals surface area contributed by atoms with Gasteiger partial charge in [0.25, 0.3) is 9.05 Å². The number of carbonyl (C=O) groups is 1. The molecular weight excluding hydrogens is 323 g/mol. The van der Waals surface area contributed by atoms with Gasteiger partial charge in [0, 0.05) is 29.1 Å². The summed E-state index contributed by atoms with van der Waals surface area (Å²) < 4.78 is 46.9. The van der Waals surface area contributed by atoms with Crippen molar-refractivity contribution < 1.29 is 27.1 Å². The molecule has 0 spiro atoms. The summed E-state index contributed by atoms with van der Waals surface area (Å²) in [5, 5.41) is 0. The van der Waals surface area contributed by atoms with Crippen molar-refractivity contribution in [2.75, 3.05) is 13.2 Å². The third-order valence-corrected chi connectivity index (χ3v) is 4.69. The van der Waals surface area contributed by atoms with Crippen LogP contribution in [-0.4, -0.2) is 33.7 Å². The van der Waals surface area contributed by atoms with Crippen LogP contribution in [0.1, 0.15) is 28.8 Å². The summed E-state index contributed by atoms with van der Waals surface area (Å²) in [4.78, 5) is 11.6. The molecule has 0 bridgehead atoms. The molecule has 1 saturated heterocycles. The molecule has 1 fully saturated rings. The van der Waals surface area contributed by atoms with Crippen molar-refractivity contribution in [3.63, 3.8) is 0 Å². The molecule has 116 valence electrons. The highest BCUT2D eigenvalue weighted by Gasteiger charge is 2.23. The van der Waals surface area contributed by atoms with E-state index in [-0.39, 0.29) is 17.2 Å². The molecule has 1 heterocycles. The number of carbonyl (C=O) groups excluding carboxylic acids is 1. The summed E-state index contributed by atoms with van der Waals surface area (Å²) >= 11 is 0. The smallest absolute Gasteiger partial charge is 0.338 e. The van der Waals surface area contributed by atoms with Crippen LogP contribution in [-0.2, 0) is 18.5 Å². The lowest BCUT2D eigenvalue weighted by Gasteiger charge is -2.22. The van der Waals surface area contributed by atoms with Gasteiger partial charge < -0.3 is 9.47 Å². The lowest BCUT2D eigenvalue weighted by Crippen LogP contribution is -2.26. The Morgan fingerprint density at radius 2 is 2.00 bits per heavy atom. The van der Waals surface area contributed by atoms with E-state index in [0.29, 0.717) is 26.1 Å². The van der Waals surface area contributed by atoms with E-state index >= 15 is 0 Å². The van der Waals surface area contributed by atoms with Gasteiger partial charge in [-0.25, -0.2) is 17.6 Å². The molecule has 0 amide bonds. The maximum absolute atomic E-state index is 13.8. The van der Waals surface area contributed by atoms with Gasteiger partial charge in [-0.05, 0) is 19.1 Å². The summed E-state index contributed by atoms with van der Waals surface area (Å²) in [6.07, 6.45) is 0.799. The average molecular weight is 337 g/mol. The fourth-order valence-corrected chi connectivity index (χ4v) is 3.25. The van der Waals surface area contributed by atoms with Crippen molar-refractivity contribution in [1.82, 2.24) is 0 Å². The molecule has 0 saturated carbocycles. The molecule has 5 nitrogen and oxygen atoms in total. The summed E-state index contributed by atoms with van der Waals surface area (Å²) in [7, 11) is 1.10. The van der Waals surface area contributed by atoms with E-state index < -0.39 is 25.7 Å².